The number of pyridine rings is 1. The maximum atomic E-state index is 13.1. The Balaban J connectivity index is 2.07. The number of halogens is 3. The van der Waals surface area contributed by atoms with Crippen molar-refractivity contribution in [3.8, 4) is 0 Å². The van der Waals surface area contributed by atoms with Gasteiger partial charge in [-0.15, -0.1) is 0 Å². The minimum Gasteiger partial charge on any atom is -0.319 e. The second-order valence-electron chi connectivity index (χ2n) is 5.70. The van der Waals surface area contributed by atoms with Crippen molar-refractivity contribution in [1.29, 1.82) is 0 Å². The van der Waals surface area contributed by atoms with E-state index in [1.165, 1.54) is 16.8 Å². The SMILES string of the molecule is Cn1ccc(Cn2nc(C3CC3)cc(C(F)(F)F)c2=O)cc1=O. The molecule has 5 nitrogen and oxygen atoms in total. The molecule has 0 saturated heterocycles. The number of hydrogen-bond donors (Lipinski definition) is 0. The molecular formula is C15H14F3N3O2. The first-order chi connectivity index (χ1) is 10.8. The molecule has 1 aliphatic carbocycles. The van der Waals surface area contributed by atoms with Crippen LogP contribution in [0.1, 0.15) is 35.6 Å². The normalized spacial score (nSPS) is 15.0. The third-order valence-electron chi connectivity index (χ3n) is 3.80. The predicted molar refractivity (Wildman–Crippen MR) is 76.3 cm³/mol. The zero-order valence-electron chi connectivity index (χ0n) is 12.3. The highest BCUT2D eigenvalue weighted by atomic mass is 19.4. The summed E-state index contributed by atoms with van der Waals surface area (Å²) in [5, 5.41) is 4.05. The Hall–Kier alpha value is -2.38. The molecule has 0 spiro atoms. The van der Waals surface area contributed by atoms with Crippen molar-refractivity contribution in [1.82, 2.24) is 14.3 Å². The molecule has 0 N–H and O–H groups in total. The molecule has 0 bridgehead atoms. The van der Waals surface area contributed by atoms with Crippen LogP contribution in [0.4, 0.5) is 13.2 Å². The minimum atomic E-state index is -4.72. The fourth-order valence-corrected chi connectivity index (χ4v) is 2.31. The molecule has 2 aromatic heterocycles. The van der Waals surface area contributed by atoms with Crippen LogP contribution in [0.3, 0.4) is 0 Å². The van der Waals surface area contributed by atoms with E-state index in [4.69, 9.17) is 0 Å². The molecular weight excluding hydrogens is 311 g/mol. The first-order valence-corrected chi connectivity index (χ1v) is 7.10. The first-order valence-electron chi connectivity index (χ1n) is 7.10. The summed E-state index contributed by atoms with van der Waals surface area (Å²) in [7, 11) is 1.56. The molecule has 1 aliphatic rings. The minimum absolute atomic E-state index is 0.0217. The van der Waals surface area contributed by atoms with Crippen molar-refractivity contribution in [2.45, 2.75) is 31.5 Å². The van der Waals surface area contributed by atoms with Gasteiger partial charge in [0.25, 0.3) is 11.1 Å². The van der Waals surface area contributed by atoms with E-state index in [-0.39, 0.29) is 23.7 Å². The quantitative estimate of drug-likeness (QED) is 0.866. The molecule has 0 radical (unpaired) electrons. The topological polar surface area (TPSA) is 56.9 Å². The molecule has 0 amide bonds. The zero-order chi connectivity index (χ0) is 16.8. The standard InChI is InChI=1S/C15H14F3N3O2/c1-20-5-4-9(6-13(20)22)8-21-14(23)11(15(16,17)18)7-12(19-21)10-2-3-10/h4-7,10H,2-3,8H2,1H3. The van der Waals surface area contributed by atoms with Gasteiger partial charge in [0.2, 0.25) is 0 Å². The van der Waals surface area contributed by atoms with Gasteiger partial charge in [-0.2, -0.15) is 18.3 Å². The summed E-state index contributed by atoms with van der Waals surface area (Å²) in [5.74, 6) is -0.0217. The van der Waals surface area contributed by atoms with Crippen LogP contribution in [0, 0.1) is 0 Å². The monoisotopic (exact) mass is 325 g/mol. The average Bonchev–Trinajstić information content (AvgIpc) is 3.28. The Kier molecular flexibility index (Phi) is 3.62. The number of rotatable bonds is 3. The fraction of sp³-hybridized carbons (Fsp3) is 0.400. The second-order valence-corrected chi connectivity index (χ2v) is 5.70. The molecule has 2 heterocycles. The zero-order valence-corrected chi connectivity index (χ0v) is 12.3. The highest BCUT2D eigenvalue weighted by Crippen LogP contribution is 2.40. The van der Waals surface area contributed by atoms with Crippen LogP contribution < -0.4 is 11.1 Å². The van der Waals surface area contributed by atoms with Crippen molar-refractivity contribution < 1.29 is 13.2 Å². The van der Waals surface area contributed by atoms with E-state index in [1.807, 2.05) is 0 Å². The molecule has 0 aromatic carbocycles. The molecule has 23 heavy (non-hydrogen) atoms. The van der Waals surface area contributed by atoms with Crippen molar-refractivity contribution in [2.75, 3.05) is 0 Å². The lowest BCUT2D eigenvalue weighted by Crippen LogP contribution is -2.32. The van der Waals surface area contributed by atoms with Crippen LogP contribution >= 0.6 is 0 Å². The van der Waals surface area contributed by atoms with Gasteiger partial charge >= 0.3 is 6.18 Å². The lowest BCUT2D eigenvalue weighted by Gasteiger charge is -2.12. The van der Waals surface area contributed by atoms with Gasteiger partial charge < -0.3 is 4.57 Å². The van der Waals surface area contributed by atoms with Crippen molar-refractivity contribution in [3.05, 3.63) is 61.9 Å². The third kappa shape index (κ3) is 3.20. The molecule has 0 aliphatic heterocycles. The molecule has 0 atom stereocenters. The number of alkyl halides is 3. The molecule has 1 saturated carbocycles. The Morgan fingerprint density at radius 3 is 2.52 bits per heavy atom. The lowest BCUT2D eigenvalue weighted by atomic mass is 10.2. The summed E-state index contributed by atoms with van der Waals surface area (Å²) in [6.07, 6.45) is -1.68. The molecule has 2 aromatic rings. The van der Waals surface area contributed by atoms with E-state index in [2.05, 4.69) is 5.10 Å². The Morgan fingerprint density at radius 1 is 1.26 bits per heavy atom. The van der Waals surface area contributed by atoms with Crippen molar-refractivity contribution in [2.24, 2.45) is 7.05 Å². The van der Waals surface area contributed by atoms with Gasteiger partial charge in [0.1, 0.15) is 5.56 Å². The van der Waals surface area contributed by atoms with Crippen molar-refractivity contribution >= 4 is 0 Å². The smallest absolute Gasteiger partial charge is 0.319 e. The second kappa shape index (κ2) is 5.36. The Morgan fingerprint density at radius 2 is 1.96 bits per heavy atom. The number of hydrogen-bond acceptors (Lipinski definition) is 3. The number of nitrogens with zero attached hydrogens (tertiary/aromatic N) is 3. The molecule has 122 valence electrons. The summed E-state index contributed by atoms with van der Waals surface area (Å²) in [6, 6.07) is 3.71. The summed E-state index contributed by atoms with van der Waals surface area (Å²) in [6.45, 7) is -0.168. The van der Waals surface area contributed by atoms with Gasteiger partial charge in [-0.25, -0.2) is 4.68 Å². The van der Waals surface area contributed by atoms with E-state index in [1.54, 1.807) is 13.1 Å². The number of aromatic nitrogens is 3. The van der Waals surface area contributed by atoms with Crippen LogP contribution in [0.2, 0.25) is 0 Å². The summed E-state index contributed by atoms with van der Waals surface area (Å²) in [4.78, 5) is 23.7. The van der Waals surface area contributed by atoms with Gasteiger partial charge in [-0.05, 0) is 30.5 Å². The van der Waals surface area contributed by atoms with Gasteiger partial charge in [-0.1, -0.05) is 0 Å². The Bertz CT molecular complexity index is 863. The van der Waals surface area contributed by atoms with Crippen LogP contribution in [0.5, 0.6) is 0 Å². The van der Waals surface area contributed by atoms with Gasteiger partial charge in [0, 0.05) is 25.2 Å². The van der Waals surface area contributed by atoms with Crippen LogP contribution in [0.25, 0.3) is 0 Å². The van der Waals surface area contributed by atoms with E-state index in [9.17, 15) is 22.8 Å². The van der Waals surface area contributed by atoms with E-state index in [0.717, 1.165) is 23.6 Å². The Labute approximate surface area is 129 Å². The fourth-order valence-electron chi connectivity index (χ4n) is 2.31. The highest BCUT2D eigenvalue weighted by Gasteiger charge is 2.37. The maximum Gasteiger partial charge on any atom is 0.421 e. The van der Waals surface area contributed by atoms with E-state index in [0.29, 0.717) is 5.56 Å². The molecule has 0 unspecified atom stereocenters. The number of aryl methyl sites for hydroxylation is 1. The van der Waals surface area contributed by atoms with Gasteiger partial charge in [0.05, 0.1) is 12.2 Å². The van der Waals surface area contributed by atoms with Crippen LogP contribution in [0.15, 0.2) is 34.0 Å². The maximum absolute atomic E-state index is 13.1. The first kappa shape index (κ1) is 15.5. The van der Waals surface area contributed by atoms with Crippen molar-refractivity contribution in [3.63, 3.8) is 0 Å². The summed E-state index contributed by atoms with van der Waals surface area (Å²) < 4.78 is 41.3. The lowest BCUT2D eigenvalue weighted by molar-refractivity contribution is -0.139. The molecule has 1 fully saturated rings. The van der Waals surface area contributed by atoms with Gasteiger partial charge in [0.15, 0.2) is 0 Å². The third-order valence-corrected chi connectivity index (χ3v) is 3.80. The molecule has 3 rings (SSSR count). The molecule has 8 heteroatoms. The van der Waals surface area contributed by atoms with Crippen LogP contribution in [-0.4, -0.2) is 14.3 Å². The van der Waals surface area contributed by atoms with Gasteiger partial charge in [-0.3, -0.25) is 9.59 Å². The average molecular weight is 325 g/mol. The van der Waals surface area contributed by atoms with Crippen LogP contribution in [-0.2, 0) is 19.8 Å². The highest BCUT2D eigenvalue weighted by molar-refractivity contribution is 5.23. The van der Waals surface area contributed by atoms with E-state index < -0.39 is 17.3 Å². The van der Waals surface area contributed by atoms with E-state index >= 15 is 0 Å². The predicted octanol–water partition coefficient (Wildman–Crippen LogP) is 1.89. The summed E-state index contributed by atoms with van der Waals surface area (Å²) >= 11 is 0. The largest absolute Gasteiger partial charge is 0.421 e. The summed E-state index contributed by atoms with van der Waals surface area (Å²) in [5.41, 5.74) is -1.99.